The van der Waals surface area contributed by atoms with Gasteiger partial charge in [-0.1, -0.05) is 51.1 Å². The second-order valence-corrected chi connectivity index (χ2v) is 8.04. The molecule has 0 aliphatic carbocycles. The molecule has 1 aromatic heterocycles. The number of amides is 1. The summed E-state index contributed by atoms with van der Waals surface area (Å²) in [5.74, 6) is 0.910. The van der Waals surface area contributed by atoms with E-state index in [1.165, 1.54) is 11.1 Å². The van der Waals surface area contributed by atoms with Gasteiger partial charge in [-0.2, -0.15) is 4.80 Å². The number of hydrogen-bond donors (Lipinski definition) is 1. The summed E-state index contributed by atoms with van der Waals surface area (Å²) in [7, 11) is 0. The summed E-state index contributed by atoms with van der Waals surface area (Å²) < 4.78 is 5.63. The highest BCUT2D eigenvalue weighted by molar-refractivity contribution is 5.95. The Balaban J connectivity index is 0.00000289. The Morgan fingerprint density at radius 2 is 1.59 bits per heavy atom. The first-order chi connectivity index (χ1) is 14.9. The van der Waals surface area contributed by atoms with Gasteiger partial charge in [0.2, 0.25) is 0 Å². The predicted molar refractivity (Wildman–Crippen MR) is 130 cm³/mol. The predicted octanol–water partition coefficient (Wildman–Crippen LogP) is 5.81. The summed E-state index contributed by atoms with van der Waals surface area (Å²) >= 11 is 0. The number of carbonyl (C=O) groups excluding carboxylic acids is 1. The van der Waals surface area contributed by atoms with Crippen LogP contribution in [-0.4, -0.2) is 27.5 Å². The van der Waals surface area contributed by atoms with Crippen molar-refractivity contribution in [1.82, 2.24) is 15.0 Å². The number of anilines is 1. The molecule has 0 saturated carbocycles. The molecular weight excluding hydrogens is 400 g/mol. The highest BCUT2D eigenvalue weighted by Crippen LogP contribution is 2.23. The number of nitrogens with one attached hydrogen (secondary N) is 1. The molecule has 32 heavy (non-hydrogen) atoms. The van der Waals surface area contributed by atoms with Gasteiger partial charge >= 0.3 is 0 Å². The molecule has 166 valence electrons. The van der Waals surface area contributed by atoms with E-state index in [2.05, 4.69) is 29.4 Å². The maximum absolute atomic E-state index is 12.4. The van der Waals surface area contributed by atoms with Crippen LogP contribution in [0.15, 0.2) is 60.7 Å². The van der Waals surface area contributed by atoms with E-state index < -0.39 is 0 Å². The zero-order chi connectivity index (χ0) is 22.0. The molecule has 4 aromatic rings. The number of benzene rings is 3. The monoisotopic (exact) mass is 430 g/mol. The third-order valence-electron chi connectivity index (χ3n) is 5.18. The molecule has 6 nitrogen and oxygen atoms in total. The van der Waals surface area contributed by atoms with Gasteiger partial charge in [-0.15, -0.1) is 10.2 Å². The number of aryl methyl sites for hydroxylation is 2. The number of aromatic nitrogens is 3. The zero-order valence-electron chi connectivity index (χ0n) is 18.2. The van der Waals surface area contributed by atoms with Crippen molar-refractivity contribution in [2.45, 2.75) is 41.0 Å². The lowest BCUT2D eigenvalue weighted by Crippen LogP contribution is -2.20. The van der Waals surface area contributed by atoms with Crippen molar-refractivity contribution in [3.8, 4) is 11.4 Å². The summed E-state index contributed by atoms with van der Waals surface area (Å²) in [5, 5.41) is 12.0. The minimum Gasteiger partial charge on any atom is -0.484 e. The number of carbonyl (C=O) groups is 1. The van der Waals surface area contributed by atoms with Gasteiger partial charge in [0, 0.05) is 5.69 Å². The van der Waals surface area contributed by atoms with E-state index in [1.54, 1.807) is 4.80 Å². The maximum Gasteiger partial charge on any atom is 0.262 e. The van der Waals surface area contributed by atoms with Crippen molar-refractivity contribution in [3.05, 3.63) is 77.4 Å². The SMILES string of the molecule is C.Cc1ccc(-n2nc3cc(C)c(NC(=O)COc4ccc(C(C)C)cc4)cc3n2)cc1. The molecule has 0 aliphatic rings. The van der Waals surface area contributed by atoms with Gasteiger partial charge in [0.1, 0.15) is 16.8 Å². The first-order valence-corrected chi connectivity index (χ1v) is 10.4. The van der Waals surface area contributed by atoms with Crippen LogP contribution >= 0.6 is 0 Å². The van der Waals surface area contributed by atoms with Crippen LogP contribution in [0.2, 0.25) is 0 Å². The van der Waals surface area contributed by atoms with Crippen LogP contribution in [0.1, 0.15) is 43.9 Å². The minimum atomic E-state index is -0.221. The zero-order valence-corrected chi connectivity index (χ0v) is 18.2. The topological polar surface area (TPSA) is 69.0 Å². The molecule has 1 amide bonds. The molecule has 4 rings (SSSR count). The minimum absolute atomic E-state index is 0. The van der Waals surface area contributed by atoms with Gasteiger partial charge in [-0.25, -0.2) is 0 Å². The van der Waals surface area contributed by atoms with Crippen molar-refractivity contribution in [3.63, 3.8) is 0 Å². The summed E-state index contributed by atoms with van der Waals surface area (Å²) in [5.41, 5.74) is 6.41. The first kappa shape index (κ1) is 23.0. The average Bonchev–Trinajstić information content (AvgIpc) is 3.16. The molecule has 0 atom stereocenters. The molecule has 0 saturated heterocycles. The highest BCUT2D eigenvalue weighted by Gasteiger charge is 2.11. The van der Waals surface area contributed by atoms with E-state index in [0.717, 1.165) is 16.8 Å². The molecule has 3 aromatic carbocycles. The van der Waals surface area contributed by atoms with E-state index in [9.17, 15) is 4.79 Å². The molecule has 0 fully saturated rings. The van der Waals surface area contributed by atoms with Gasteiger partial charge in [0.05, 0.1) is 5.69 Å². The van der Waals surface area contributed by atoms with Crippen LogP contribution in [-0.2, 0) is 4.79 Å². The Labute approximate surface area is 189 Å². The molecule has 1 heterocycles. The lowest BCUT2D eigenvalue weighted by Gasteiger charge is -2.10. The number of nitrogens with zero attached hydrogens (tertiary/aromatic N) is 3. The van der Waals surface area contributed by atoms with E-state index >= 15 is 0 Å². The van der Waals surface area contributed by atoms with Crippen LogP contribution in [0.3, 0.4) is 0 Å². The Bertz CT molecular complexity index is 1210. The lowest BCUT2D eigenvalue weighted by atomic mass is 10.0. The number of hydrogen-bond acceptors (Lipinski definition) is 4. The summed E-state index contributed by atoms with van der Waals surface area (Å²) in [6.07, 6.45) is 0. The molecule has 0 unspecified atom stereocenters. The average molecular weight is 431 g/mol. The fraction of sp³-hybridized carbons (Fsp3) is 0.269. The van der Waals surface area contributed by atoms with Gasteiger partial charge in [0.15, 0.2) is 6.61 Å². The van der Waals surface area contributed by atoms with Gasteiger partial charge < -0.3 is 10.1 Å². The van der Waals surface area contributed by atoms with Gasteiger partial charge in [-0.3, -0.25) is 4.79 Å². The molecule has 0 aliphatic heterocycles. The Kier molecular flexibility index (Phi) is 6.93. The fourth-order valence-electron chi connectivity index (χ4n) is 3.28. The van der Waals surface area contributed by atoms with Gasteiger partial charge in [0.25, 0.3) is 5.91 Å². The quantitative estimate of drug-likeness (QED) is 0.419. The van der Waals surface area contributed by atoms with E-state index in [4.69, 9.17) is 4.74 Å². The molecule has 1 N–H and O–H groups in total. The second-order valence-electron chi connectivity index (χ2n) is 8.04. The second kappa shape index (κ2) is 9.64. The van der Waals surface area contributed by atoms with Crippen LogP contribution in [0.5, 0.6) is 5.75 Å². The Morgan fingerprint density at radius 3 is 2.22 bits per heavy atom. The van der Waals surface area contributed by atoms with Crippen molar-refractivity contribution < 1.29 is 9.53 Å². The smallest absolute Gasteiger partial charge is 0.262 e. The van der Waals surface area contributed by atoms with Gasteiger partial charge in [-0.05, 0) is 67.3 Å². The summed E-state index contributed by atoms with van der Waals surface area (Å²) in [6.45, 7) is 8.20. The molecular formula is C26H30N4O2. The standard InChI is InChI=1S/C25H26N4O2.CH4/c1-16(2)19-7-11-21(12-8-19)31-15-25(30)26-22-14-24-23(13-18(22)4)27-29(28-24)20-9-5-17(3)6-10-20;/h5-14,16H,15H2,1-4H3,(H,26,30);1H4. The number of rotatable bonds is 6. The Morgan fingerprint density at radius 1 is 0.969 bits per heavy atom. The fourth-order valence-corrected chi connectivity index (χ4v) is 3.28. The van der Waals surface area contributed by atoms with Crippen molar-refractivity contribution in [1.29, 1.82) is 0 Å². The van der Waals surface area contributed by atoms with Crippen molar-refractivity contribution in [2.24, 2.45) is 0 Å². The summed E-state index contributed by atoms with van der Waals surface area (Å²) in [4.78, 5) is 14.0. The number of fused-ring (bicyclic) bond motifs is 1. The van der Waals surface area contributed by atoms with Crippen LogP contribution in [0.25, 0.3) is 16.7 Å². The molecule has 6 heteroatoms. The first-order valence-electron chi connectivity index (χ1n) is 10.4. The van der Waals surface area contributed by atoms with E-state index in [-0.39, 0.29) is 19.9 Å². The lowest BCUT2D eigenvalue weighted by molar-refractivity contribution is -0.118. The van der Waals surface area contributed by atoms with E-state index in [0.29, 0.717) is 22.9 Å². The normalized spacial score (nSPS) is 10.8. The van der Waals surface area contributed by atoms with Crippen LogP contribution in [0, 0.1) is 13.8 Å². The molecule has 0 spiro atoms. The largest absolute Gasteiger partial charge is 0.484 e. The van der Waals surface area contributed by atoms with Crippen molar-refractivity contribution >= 4 is 22.6 Å². The third kappa shape index (κ3) is 5.14. The summed E-state index contributed by atoms with van der Waals surface area (Å²) in [6, 6.07) is 19.6. The molecule has 0 bridgehead atoms. The van der Waals surface area contributed by atoms with Crippen molar-refractivity contribution in [2.75, 3.05) is 11.9 Å². The Hall–Kier alpha value is -3.67. The number of ether oxygens (including phenoxy) is 1. The van der Waals surface area contributed by atoms with Crippen LogP contribution < -0.4 is 10.1 Å². The van der Waals surface area contributed by atoms with E-state index in [1.807, 2.05) is 74.5 Å². The molecule has 0 radical (unpaired) electrons. The third-order valence-corrected chi connectivity index (χ3v) is 5.18. The highest BCUT2D eigenvalue weighted by atomic mass is 16.5. The maximum atomic E-state index is 12.4. The van der Waals surface area contributed by atoms with Crippen LogP contribution in [0.4, 0.5) is 5.69 Å².